The quantitative estimate of drug-likeness (QED) is 0.0228. The maximum Gasteiger partial charge on any atom is 0.335 e. The summed E-state index contributed by atoms with van der Waals surface area (Å²) in [5, 5.41) is 31.5. The molecule has 0 aromatic carbocycles. The van der Waals surface area contributed by atoms with Crippen LogP contribution < -0.4 is 0 Å². The molecule has 1 rings (SSSR count). The summed E-state index contributed by atoms with van der Waals surface area (Å²) in [6.45, 7) is 5.80. The first-order valence-corrected chi connectivity index (χ1v) is 30.6. The van der Waals surface area contributed by atoms with E-state index in [1.54, 1.807) is 0 Å². The van der Waals surface area contributed by atoms with Gasteiger partial charge in [0.25, 0.3) is 0 Å². The largest absolute Gasteiger partial charge is 0.479 e. The van der Waals surface area contributed by atoms with Gasteiger partial charge in [0, 0.05) is 19.3 Å². The number of carboxylic acids is 1. The van der Waals surface area contributed by atoms with Crippen molar-refractivity contribution in [2.24, 2.45) is 0 Å². The predicted molar refractivity (Wildman–Crippen MR) is 312 cm³/mol. The van der Waals surface area contributed by atoms with Crippen molar-refractivity contribution in [3.63, 3.8) is 0 Å². The Kier molecular flexibility index (Phi) is 48.4. The van der Waals surface area contributed by atoms with E-state index in [2.05, 4.69) is 106 Å². The fourth-order valence-corrected chi connectivity index (χ4v) is 8.72. The van der Waals surface area contributed by atoms with Gasteiger partial charge in [0.2, 0.25) is 0 Å². The summed E-state index contributed by atoms with van der Waals surface area (Å²) < 4.78 is 28.4. The summed E-state index contributed by atoms with van der Waals surface area (Å²) in [6.07, 6.45) is 55.5. The molecule has 1 aliphatic rings. The molecule has 77 heavy (non-hydrogen) atoms. The molecule has 12 nitrogen and oxygen atoms in total. The van der Waals surface area contributed by atoms with Crippen LogP contribution in [-0.4, -0.2) is 89.2 Å². The zero-order chi connectivity index (χ0) is 56.1. The van der Waals surface area contributed by atoms with E-state index in [1.807, 2.05) is 0 Å². The second-order valence-corrected chi connectivity index (χ2v) is 20.6. The van der Waals surface area contributed by atoms with E-state index in [0.29, 0.717) is 19.3 Å². The van der Waals surface area contributed by atoms with E-state index in [4.69, 9.17) is 23.7 Å². The average molecular weight is 1080 g/mol. The molecule has 6 atom stereocenters. The Morgan fingerprint density at radius 3 is 1.31 bits per heavy atom. The summed E-state index contributed by atoms with van der Waals surface area (Å²) >= 11 is 0. The molecule has 1 aliphatic heterocycles. The Labute approximate surface area is 467 Å². The molecule has 1 heterocycles. The third-order valence-corrected chi connectivity index (χ3v) is 13.4. The Morgan fingerprint density at radius 2 is 0.831 bits per heavy atom. The summed E-state index contributed by atoms with van der Waals surface area (Å²) in [7, 11) is 0. The van der Waals surface area contributed by atoms with Gasteiger partial charge in [-0.3, -0.25) is 14.4 Å². The maximum absolute atomic E-state index is 13.1. The molecule has 0 saturated carbocycles. The number of carboxylic acid groups (broad SMARTS) is 1. The molecule has 0 aliphatic carbocycles. The number of unbranched alkanes of at least 4 members (excludes halogenated alkanes) is 23. The Morgan fingerprint density at radius 1 is 0.442 bits per heavy atom. The smallest absolute Gasteiger partial charge is 0.335 e. The molecule has 0 bridgehead atoms. The first kappa shape index (κ1) is 70.9. The second kappa shape index (κ2) is 52.6. The van der Waals surface area contributed by atoms with Gasteiger partial charge in [-0.2, -0.15) is 0 Å². The highest BCUT2D eigenvalue weighted by Gasteiger charge is 2.50. The van der Waals surface area contributed by atoms with Crippen molar-refractivity contribution in [1.82, 2.24) is 0 Å². The minimum absolute atomic E-state index is 0.0491. The summed E-state index contributed by atoms with van der Waals surface area (Å²) in [5.74, 6) is -3.18. The Balaban J connectivity index is 2.68. The van der Waals surface area contributed by atoms with Crippen LogP contribution in [0.25, 0.3) is 0 Å². The van der Waals surface area contributed by atoms with Gasteiger partial charge in [-0.1, -0.05) is 209 Å². The maximum atomic E-state index is 13.1. The number of esters is 3. The highest BCUT2D eigenvalue weighted by Crippen LogP contribution is 2.26. The van der Waals surface area contributed by atoms with Crippen LogP contribution in [0, 0.1) is 0 Å². The van der Waals surface area contributed by atoms with Crippen molar-refractivity contribution in [3.05, 3.63) is 85.1 Å². The molecule has 12 heteroatoms. The van der Waals surface area contributed by atoms with Crippen LogP contribution in [0.4, 0.5) is 0 Å². The molecule has 440 valence electrons. The van der Waals surface area contributed by atoms with E-state index in [-0.39, 0.29) is 25.9 Å². The molecule has 0 aromatic rings. The molecule has 0 aromatic heterocycles. The molecule has 6 unspecified atom stereocenters. The lowest BCUT2D eigenvalue weighted by Crippen LogP contribution is -2.61. The van der Waals surface area contributed by atoms with Crippen molar-refractivity contribution in [2.45, 2.75) is 289 Å². The normalized spacial score (nSPS) is 18.6. The SMILES string of the molecule is CC/C=C\C/C=C\C/C=C\C/C=C\C/C=C\CCCCCC(=O)OCC(COC1OC(C(=O)O)C(O)C(O)C1OC(=O)CCCCCCCCC/C=C\CCCCCCCC)OC(=O)CCCCCCC/C=C\CCCC. The Bertz CT molecular complexity index is 1660. The summed E-state index contributed by atoms with van der Waals surface area (Å²) in [4.78, 5) is 51.1. The number of aliphatic hydroxyl groups is 2. The van der Waals surface area contributed by atoms with Crippen LogP contribution in [0.1, 0.15) is 252 Å². The Hall–Kier alpha value is -4.10. The fraction of sp³-hybridized carbons (Fsp3) is 0.723. The topological polar surface area (TPSA) is 175 Å². The zero-order valence-electron chi connectivity index (χ0n) is 48.4. The molecule has 1 saturated heterocycles. The lowest BCUT2D eigenvalue weighted by atomic mass is 9.98. The predicted octanol–water partition coefficient (Wildman–Crippen LogP) is 15.9. The van der Waals surface area contributed by atoms with Gasteiger partial charge in [0.1, 0.15) is 18.8 Å². The second-order valence-electron chi connectivity index (χ2n) is 20.6. The molecule has 0 spiro atoms. The number of allylic oxidation sites excluding steroid dienone is 14. The minimum Gasteiger partial charge on any atom is -0.479 e. The number of hydrogen-bond acceptors (Lipinski definition) is 11. The number of ether oxygens (including phenoxy) is 5. The average Bonchev–Trinajstić information content (AvgIpc) is 3.41. The molecule has 0 radical (unpaired) electrons. The van der Waals surface area contributed by atoms with E-state index >= 15 is 0 Å². The van der Waals surface area contributed by atoms with Crippen LogP contribution in [0.15, 0.2) is 85.1 Å². The lowest BCUT2D eigenvalue weighted by molar-refractivity contribution is -0.301. The number of rotatable bonds is 51. The van der Waals surface area contributed by atoms with Gasteiger partial charge < -0.3 is 39.0 Å². The van der Waals surface area contributed by atoms with E-state index < -0.39 is 67.3 Å². The highest BCUT2D eigenvalue weighted by atomic mass is 16.7. The van der Waals surface area contributed by atoms with Crippen LogP contribution in [0.5, 0.6) is 0 Å². The zero-order valence-corrected chi connectivity index (χ0v) is 48.4. The van der Waals surface area contributed by atoms with Crippen molar-refractivity contribution in [3.8, 4) is 0 Å². The van der Waals surface area contributed by atoms with Gasteiger partial charge in [0.15, 0.2) is 24.6 Å². The number of aliphatic hydroxyl groups excluding tert-OH is 2. The van der Waals surface area contributed by atoms with E-state index in [0.717, 1.165) is 128 Å². The van der Waals surface area contributed by atoms with Gasteiger partial charge in [-0.15, -0.1) is 0 Å². The van der Waals surface area contributed by atoms with Gasteiger partial charge >= 0.3 is 23.9 Å². The van der Waals surface area contributed by atoms with Crippen LogP contribution >= 0.6 is 0 Å². The van der Waals surface area contributed by atoms with Crippen molar-refractivity contribution < 1.29 is 58.2 Å². The van der Waals surface area contributed by atoms with Crippen LogP contribution in [-0.2, 0) is 42.9 Å². The highest BCUT2D eigenvalue weighted by molar-refractivity contribution is 5.74. The lowest BCUT2D eigenvalue weighted by Gasteiger charge is -2.40. The third-order valence-electron chi connectivity index (χ3n) is 13.4. The van der Waals surface area contributed by atoms with Gasteiger partial charge in [0.05, 0.1) is 6.61 Å². The number of hydrogen-bond donors (Lipinski definition) is 3. The third kappa shape index (κ3) is 42.5. The van der Waals surface area contributed by atoms with Gasteiger partial charge in [-0.05, 0) is 109 Å². The van der Waals surface area contributed by atoms with Crippen molar-refractivity contribution >= 4 is 23.9 Å². The monoisotopic (exact) mass is 1080 g/mol. The minimum atomic E-state index is -1.91. The van der Waals surface area contributed by atoms with Crippen LogP contribution in [0.3, 0.4) is 0 Å². The van der Waals surface area contributed by atoms with E-state index in [9.17, 15) is 34.5 Å². The summed E-state index contributed by atoms with van der Waals surface area (Å²) in [5.41, 5.74) is 0. The van der Waals surface area contributed by atoms with Crippen molar-refractivity contribution in [2.75, 3.05) is 13.2 Å². The number of aliphatic carboxylic acids is 1. The first-order valence-electron chi connectivity index (χ1n) is 30.6. The summed E-state index contributed by atoms with van der Waals surface area (Å²) in [6, 6.07) is 0. The number of carbonyl (C=O) groups is 4. The standard InChI is InChI=1S/C65H108O12/c1-4-7-10-13-16-19-22-24-26-28-29-31-32-34-37-39-42-45-48-51-57(66)73-54-56(75-58(67)52-49-46-43-40-36-21-18-15-12-9-6-3)55-74-65-63(61(70)60(69)62(77-65)64(71)72)76-59(68)53-50-47-44-41-38-35-33-30-27-25-23-20-17-14-11-8-5-2/h7,10,15-16,18-19,24-27,29,31,34,37,56,60-63,65,69-70H,4-6,8-9,11-14,17,20-23,28,30,32-33,35-36,38-55H2,1-3H3,(H,71,72)/b10-7-,18-15-,19-16-,26-24-,27-25-,31-29-,37-34-. The first-order chi connectivity index (χ1) is 37.6. The van der Waals surface area contributed by atoms with Gasteiger partial charge in [-0.25, -0.2) is 4.79 Å². The molecular formula is C65H108O12. The molecule has 0 amide bonds. The molecular weight excluding hydrogens is 973 g/mol. The van der Waals surface area contributed by atoms with E-state index in [1.165, 1.54) is 64.2 Å². The molecule has 1 fully saturated rings. The fourth-order valence-electron chi connectivity index (χ4n) is 8.72. The molecule has 3 N–H and O–H groups in total. The van der Waals surface area contributed by atoms with Crippen molar-refractivity contribution in [1.29, 1.82) is 0 Å². The van der Waals surface area contributed by atoms with Crippen LogP contribution in [0.2, 0.25) is 0 Å². The number of carbonyl (C=O) groups excluding carboxylic acids is 3.